The average molecular weight is 391 g/mol. The van der Waals surface area contributed by atoms with E-state index in [1.165, 1.54) is 11.6 Å². The lowest BCUT2D eigenvalue weighted by atomic mass is 10.1. The number of hydrogen-bond donors (Lipinski definition) is 0. The van der Waals surface area contributed by atoms with Gasteiger partial charge in [-0.05, 0) is 48.5 Å². The standard InChI is InChI=1S/C20H17N5O4/c1-12-8-9-15-16(10-12)19(27)24(18(15)26)13(2)20(28)29-11-17-21-22-23-25(17)14-6-4-3-5-7-14/h3-10,13H,11H2,1-2H3. The summed E-state index contributed by atoms with van der Waals surface area (Å²) < 4.78 is 6.74. The number of nitrogens with zero attached hydrogens (tertiary/aromatic N) is 5. The van der Waals surface area contributed by atoms with Gasteiger partial charge in [-0.2, -0.15) is 4.68 Å². The fraction of sp³-hybridized carbons (Fsp3) is 0.200. The summed E-state index contributed by atoms with van der Waals surface area (Å²) >= 11 is 0. The van der Waals surface area contributed by atoms with E-state index in [9.17, 15) is 14.4 Å². The Labute approximate surface area is 165 Å². The van der Waals surface area contributed by atoms with Gasteiger partial charge in [-0.25, -0.2) is 4.79 Å². The number of hydrogen-bond acceptors (Lipinski definition) is 7. The lowest BCUT2D eigenvalue weighted by molar-refractivity contribution is -0.149. The van der Waals surface area contributed by atoms with Gasteiger partial charge in [0.2, 0.25) is 0 Å². The molecule has 9 nitrogen and oxygen atoms in total. The highest BCUT2D eigenvalue weighted by atomic mass is 16.5. The lowest BCUT2D eigenvalue weighted by Gasteiger charge is -2.20. The van der Waals surface area contributed by atoms with Crippen LogP contribution in [0.5, 0.6) is 0 Å². The molecule has 0 N–H and O–H groups in total. The van der Waals surface area contributed by atoms with E-state index in [2.05, 4.69) is 15.5 Å². The highest BCUT2D eigenvalue weighted by Gasteiger charge is 2.41. The Balaban J connectivity index is 1.47. The number of amides is 2. The number of aryl methyl sites for hydroxylation is 1. The van der Waals surface area contributed by atoms with E-state index < -0.39 is 23.8 Å². The quantitative estimate of drug-likeness (QED) is 0.481. The normalized spacial score (nSPS) is 14.1. The molecule has 4 rings (SSSR count). The number of tetrazole rings is 1. The number of esters is 1. The molecule has 0 saturated heterocycles. The Hall–Kier alpha value is -3.88. The van der Waals surface area contributed by atoms with Gasteiger partial charge in [0.1, 0.15) is 6.04 Å². The van der Waals surface area contributed by atoms with E-state index >= 15 is 0 Å². The number of ether oxygens (including phenoxy) is 1. The first kappa shape index (κ1) is 18.5. The molecule has 1 aromatic heterocycles. The molecule has 29 heavy (non-hydrogen) atoms. The maximum Gasteiger partial charge on any atom is 0.329 e. The van der Waals surface area contributed by atoms with Crippen molar-refractivity contribution < 1.29 is 19.1 Å². The van der Waals surface area contributed by atoms with Crippen LogP contribution in [-0.4, -0.2) is 48.9 Å². The fourth-order valence-electron chi connectivity index (χ4n) is 3.15. The van der Waals surface area contributed by atoms with Gasteiger partial charge in [0, 0.05) is 0 Å². The van der Waals surface area contributed by atoms with Crippen molar-refractivity contribution in [3.8, 4) is 5.69 Å². The van der Waals surface area contributed by atoms with Crippen molar-refractivity contribution in [3.63, 3.8) is 0 Å². The molecule has 9 heteroatoms. The minimum absolute atomic E-state index is 0.201. The topological polar surface area (TPSA) is 107 Å². The number of carbonyl (C=O) groups excluding carboxylic acids is 3. The van der Waals surface area contributed by atoms with Crippen LogP contribution in [0.2, 0.25) is 0 Å². The molecule has 0 radical (unpaired) electrons. The molecule has 2 aromatic carbocycles. The van der Waals surface area contributed by atoms with Gasteiger partial charge >= 0.3 is 5.97 Å². The molecule has 0 aliphatic carbocycles. The van der Waals surface area contributed by atoms with Crippen molar-refractivity contribution in [2.45, 2.75) is 26.5 Å². The van der Waals surface area contributed by atoms with Crippen molar-refractivity contribution >= 4 is 17.8 Å². The van der Waals surface area contributed by atoms with Gasteiger partial charge < -0.3 is 4.74 Å². The summed E-state index contributed by atoms with van der Waals surface area (Å²) in [5.41, 5.74) is 2.15. The molecular formula is C20H17N5O4. The van der Waals surface area contributed by atoms with Crippen LogP contribution >= 0.6 is 0 Å². The molecule has 0 fully saturated rings. The number of benzene rings is 2. The Morgan fingerprint density at radius 2 is 1.79 bits per heavy atom. The lowest BCUT2D eigenvalue weighted by Crippen LogP contribution is -2.43. The highest BCUT2D eigenvalue weighted by molar-refractivity contribution is 6.22. The summed E-state index contributed by atoms with van der Waals surface area (Å²) in [4.78, 5) is 38.7. The van der Waals surface area contributed by atoms with E-state index in [0.717, 1.165) is 10.5 Å². The maximum atomic E-state index is 12.6. The average Bonchev–Trinajstić information content (AvgIpc) is 3.29. The SMILES string of the molecule is Cc1ccc2c(c1)C(=O)N(C(C)C(=O)OCc1nnnn1-c1ccccc1)C2=O. The summed E-state index contributed by atoms with van der Waals surface area (Å²) in [7, 11) is 0. The predicted molar refractivity (Wildman–Crippen MR) is 100 cm³/mol. The van der Waals surface area contributed by atoms with E-state index in [1.807, 2.05) is 37.3 Å². The Bertz CT molecular complexity index is 1110. The van der Waals surface area contributed by atoms with Crippen molar-refractivity contribution in [3.05, 3.63) is 71.0 Å². The number of imide groups is 1. The first-order chi connectivity index (χ1) is 14.0. The second-order valence-corrected chi connectivity index (χ2v) is 6.66. The molecule has 0 saturated carbocycles. The van der Waals surface area contributed by atoms with Crippen molar-refractivity contribution in [2.75, 3.05) is 0 Å². The Morgan fingerprint density at radius 3 is 2.55 bits per heavy atom. The van der Waals surface area contributed by atoms with Crippen LogP contribution in [0.15, 0.2) is 48.5 Å². The first-order valence-electron chi connectivity index (χ1n) is 8.95. The molecule has 1 aliphatic rings. The molecule has 1 unspecified atom stereocenters. The van der Waals surface area contributed by atoms with Gasteiger partial charge in [0.05, 0.1) is 16.8 Å². The zero-order chi connectivity index (χ0) is 20.5. The van der Waals surface area contributed by atoms with Crippen LogP contribution in [0.4, 0.5) is 0 Å². The summed E-state index contributed by atoms with van der Waals surface area (Å²) in [5, 5.41) is 11.4. The Kier molecular flexibility index (Phi) is 4.63. The molecule has 2 amide bonds. The molecule has 2 heterocycles. The monoisotopic (exact) mass is 391 g/mol. The summed E-state index contributed by atoms with van der Waals surface area (Å²) in [5.74, 6) is -1.43. The third-order valence-corrected chi connectivity index (χ3v) is 4.68. The second-order valence-electron chi connectivity index (χ2n) is 6.66. The van der Waals surface area contributed by atoms with Crippen LogP contribution in [0.25, 0.3) is 5.69 Å². The smallest absolute Gasteiger partial charge is 0.329 e. The second kappa shape index (κ2) is 7.27. The summed E-state index contributed by atoms with van der Waals surface area (Å²) in [6.45, 7) is 3.08. The summed E-state index contributed by atoms with van der Waals surface area (Å²) in [6.07, 6.45) is 0. The molecule has 3 aromatic rings. The van der Waals surface area contributed by atoms with Gasteiger partial charge in [0.15, 0.2) is 12.4 Å². The maximum absolute atomic E-state index is 12.6. The number of aromatic nitrogens is 4. The number of fused-ring (bicyclic) bond motifs is 1. The highest BCUT2D eigenvalue weighted by Crippen LogP contribution is 2.26. The molecule has 0 spiro atoms. The fourth-order valence-corrected chi connectivity index (χ4v) is 3.15. The molecule has 0 bridgehead atoms. The van der Waals surface area contributed by atoms with E-state index in [1.54, 1.807) is 18.2 Å². The van der Waals surface area contributed by atoms with Crippen molar-refractivity contribution in [1.29, 1.82) is 0 Å². The van der Waals surface area contributed by atoms with Gasteiger partial charge in [-0.15, -0.1) is 5.10 Å². The van der Waals surface area contributed by atoms with Crippen molar-refractivity contribution in [2.24, 2.45) is 0 Å². The predicted octanol–water partition coefficient (Wildman–Crippen LogP) is 1.70. The van der Waals surface area contributed by atoms with E-state index in [4.69, 9.17) is 4.74 Å². The van der Waals surface area contributed by atoms with Crippen molar-refractivity contribution in [1.82, 2.24) is 25.1 Å². The zero-order valence-corrected chi connectivity index (χ0v) is 15.8. The minimum atomic E-state index is -1.08. The van der Waals surface area contributed by atoms with Gasteiger partial charge in [0.25, 0.3) is 11.8 Å². The van der Waals surface area contributed by atoms with Crippen LogP contribution in [0.1, 0.15) is 39.0 Å². The molecule has 146 valence electrons. The Morgan fingerprint density at radius 1 is 1.07 bits per heavy atom. The number of rotatable bonds is 5. The van der Waals surface area contributed by atoms with E-state index in [-0.39, 0.29) is 12.2 Å². The molecular weight excluding hydrogens is 374 g/mol. The minimum Gasteiger partial charge on any atom is -0.456 e. The third kappa shape index (κ3) is 3.27. The molecule has 1 atom stereocenters. The van der Waals surface area contributed by atoms with E-state index in [0.29, 0.717) is 17.1 Å². The van der Waals surface area contributed by atoms with Crippen LogP contribution in [0, 0.1) is 6.92 Å². The zero-order valence-electron chi connectivity index (χ0n) is 15.8. The van der Waals surface area contributed by atoms with Crippen LogP contribution in [-0.2, 0) is 16.1 Å². The van der Waals surface area contributed by atoms with Gasteiger partial charge in [-0.3, -0.25) is 14.5 Å². The summed E-state index contributed by atoms with van der Waals surface area (Å²) in [6, 6.07) is 13.1. The number of carbonyl (C=O) groups is 3. The van der Waals surface area contributed by atoms with Crippen LogP contribution < -0.4 is 0 Å². The third-order valence-electron chi connectivity index (χ3n) is 4.68. The largest absolute Gasteiger partial charge is 0.456 e. The first-order valence-corrected chi connectivity index (χ1v) is 8.95. The van der Waals surface area contributed by atoms with Crippen LogP contribution in [0.3, 0.4) is 0 Å². The molecule has 1 aliphatic heterocycles. The number of para-hydroxylation sites is 1. The van der Waals surface area contributed by atoms with Gasteiger partial charge in [-0.1, -0.05) is 29.8 Å².